The minimum absolute atomic E-state index is 0.0265. The van der Waals surface area contributed by atoms with Crippen molar-refractivity contribution in [3.63, 3.8) is 0 Å². The van der Waals surface area contributed by atoms with E-state index in [9.17, 15) is 9.90 Å². The van der Waals surface area contributed by atoms with Gasteiger partial charge in [0, 0.05) is 24.5 Å². The zero-order chi connectivity index (χ0) is 24.2. The molecule has 0 amide bonds. The summed E-state index contributed by atoms with van der Waals surface area (Å²) in [6.45, 7) is 4.59. The fraction of sp³-hybridized carbons (Fsp3) is 0.214. The standard InChI is InChI=1S/C28H27ClN2O3/c1-18-4-5-20(15-25(18)24-11-8-22(29)14-19(24)2)17-34-23-9-6-21(7-10-23)26(16-27(32)33)28-30-12-13-31(28)3/h4-15,26H,16-17H2,1-3H3,(H,32,33)/t26-/m0/s1. The number of halogens is 1. The average molecular weight is 475 g/mol. The van der Waals surface area contributed by atoms with Gasteiger partial charge in [0.05, 0.1) is 12.3 Å². The van der Waals surface area contributed by atoms with Gasteiger partial charge in [-0.2, -0.15) is 0 Å². The van der Waals surface area contributed by atoms with Crippen LogP contribution in [-0.2, 0) is 18.4 Å². The zero-order valence-electron chi connectivity index (χ0n) is 19.5. The SMILES string of the molecule is Cc1cc(Cl)ccc1-c1cc(COc2ccc([C@H](CC(=O)O)c3nccn3C)cc2)ccc1C. The van der Waals surface area contributed by atoms with Gasteiger partial charge in [-0.3, -0.25) is 4.79 Å². The molecule has 0 spiro atoms. The maximum Gasteiger partial charge on any atom is 0.304 e. The van der Waals surface area contributed by atoms with Crippen LogP contribution in [0.3, 0.4) is 0 Å². The highest BCUT2D eigenvalue weighted by Crippen LogP contribution is 2.31. The Morgan fingerprint density at radius 2 is 1.79 bits per heavy atom. The Hall–Kier alpha value is -3.57. The van der Waals surface area contributed by atoms with Crippen molar-refractivity contribution in [1.29, 1.82) is 0 Å². The van der Waals surface area contributed by atoms with Crippen LogP contribution >= 0.6 is 11.6 Å². The fourth-order valence-corrected chi connectivity index (χ4v) is 4.41. The first kappa shape index (κ1) is 23.6. The summed E-state index contributed by atoms with van der Waals surface area (Å²) in [5, 5.41) is 10.1. The van der Waals surface area contributed by atoms with E-state index >= 15 is 0 Å². The molecule has 4 aromatic rings. The second-order valence-corrected chi connectivity index (χ2v) is 8.95. The van der Waals surface area contributed by atoms with E-state index in [0.29, 0.717) is 6.61 Å². The van der Waals surface area contributed by atoms with E-state index in [1.165, 1.54) is 5.56 Å². The van der Waals surface area contributed by atoms with Crippen molar-refractivity contribution < 1.29 is 14.6 Å². The van der Waals surface area contributed by atoms with Crippen LogP contribution in [-0.4, -0.2) is 20.6 Å². The van der Waals surface area contributed by atoms with Crippen LogP contribution in [0, 0.1) is 13.8 Å². The second kappa shape index (κ2) is 10.1. The Bertz CT molecular complexity index is 1310. The monoisotopic (exact) mass is 474 g/mol. The minimum atomic E-state index is -0.862. The van der Waals surface area contributed by atoms with Gasteiger partial charge in [0.1, 0.15) is 18.2 Å². The molecule has 1 aromatic heterocycles. The van der Waals surface area contributed by atoms with E-state index < -0.39 is 5.97 Å². The predicted octanol–water partition coefficient (Wildman–Crippen LogP) is 6.54. The number of imidazole rings is 1. The summed E-state index contributed by atoms with van der Waals surface area (Å²) in [6.07, 6.45) is 3.48. The van der Waals surface area contributed by atoms with Gasteiger partial charge in [-0.1, -0.05) is 41.9 Å². The molecule has 174 valence electrons. The summed E-state index contributed by atoms with van der Waals surface area (Å²) < 4.78 is 7.90. The molecule has 1 N–H and O–H groups in total. The molecule has 5 nitrogen and oxygen atoms in total. The fourth-order valence-electron chi connectivity index (χ4n) is 4.19. The molecular formula is C28H27ClN2O3. The Morgan fingerprint density at radius 3 is 2.44 bits per heavy atom. The van der Waals surface area contributed by atoms with Crippen LogP contribution in [0.15, 0.2) is 73.1 Å². The molecule has 0 aliphatic heterocycles. The number of hydrogen-bond donors (Lipinski definition) is 1. The number of aryl methyl sites for hydroxylation is 3. The second-order valence-electron chi connectivity index (χ2n) is 8.51. The Kier molecular flexibility index (Phi) is 7.03. The van der Waals surface area contributed by atoms with Gasteiger partial charge in [-0.15, -0.1) is 0 Å². The number of rotatable bonds is 8. The van der Waals surface area contributed by atoms with Gasteiger partial charge < -0.3 is 14.4 Å². The summed E-state index contributed by atoms with van der Waals surface area (Å²) in [5.41, 5.74) is 6.60. The van der Waals surface area contributed by atoms with E-state index in [1.807, 2.05) is 54.2 Å². The summed E-state index contributed by atoms with van der Waals surface area (Å²) >= 11 is 6.13. The van der Waals surface area contributed by atoms with Crippen LogP contribution in [0.25, 0.3) is 11.1 Å². The first-order valence-electron chi connectivity index (χ1n) is 11.1. The Labute approximate surface area is 204 Å². The third-order valence-corrected chi connectivity index (χ3v) is 6.25. The van der Waals surface area contributed by atoms with Gasteiger partial charge in [0.15, 0.2) is 0 Å². The van der Waals surface area contributed by atoms with Crippen LogP contribution in [0.4, 0.5) is 0 Å². The van der Waals surface area contributed by atoms with E-state index in [-0.39, 0.29) is 12.3 Å². The number of carboxylic acids is 1. The number of ether oxygens (including phenoxy) is 1. The zero-order valence-corrected chi connectivity index (χ0v) is 20.2. The van der Waals surface area contributed by atoms with Gasteiger partial charge >= 0.3 is 5.97 Å². The highest BCUT2D eigenvalue weighted by atomic mass is 35.5. The molecule has 6 heteroatoms. The largest absolute Gasteiger partial charge is 0.489 e. The van der Waals surface area contributed by atoms with Crippen molar-refractivity contribution in [3.05, 3.63) is 106 Å². The van der Waals surface area contributed by atoms with E-state index in [2.05, 4.69) is 43.1 Å². The van der Waals surface area contributed by atoms with Crippen LogP contribution in [0.2, 0.25) is 5.02 Å². The smallest absolute Gasteiger partial charge is 0.304 e. The molecule has 0 bridgehead atoms. The van der Waals surface area contributed by atoms with Crippen LogP contribution in [0.5, 0.6) is 5.75 Å². The Morgan fingerprint density at radius 1 is 1.03 bits per heavy atom. The predicted molar refractivity (Wildman–Crippen MR) is 134 cm³/mol. The molecule has 0 saturated heterocycles. The molecule has 0 aliphatic carbocycles. The number of benzene rings is 3. The lowest BCUT2D eigenvalue weighted by atomic mass is 9.94. The Balaban J connectivity index is 1.50. The summed E-state index contributed by atoms with van der Waals surface area (Å²) in [6, 6.07) is 19.9. The minimum Gasteiger partial charge on any atom is -0.489 e. The van der Waals surface area contributed by atoms with E-state index in [0.717, 1.165) is 44.4 Å². The number of carboxylic acid groups (broad SMARTS) is 1. The third kappa shape index (κ3) is 5.32. The van der Waals surface area contributed by atoms with Crippen LogP contribution in [0.1, 0.15) is 40.4 Å². The summed E-state index contributed by atoms with van der Waals surface area (Å²) in [5.74, 6) is 0.261. The molecule has 0 saturated carbocycles. The number of aromatic nitrogens is 2. The van der Waals surface area contributed by atoms with Gasteiger partial charge in [0.2, 0.25) is 0 Å². The topological polar surface area (TPSA) is 64.3 Å². The molecular weight excluding hydrogens is 448 g/mol. The number of hydrogen-bond acceptors (Lipinski definition) is 3. The van der Waals surface area contributed by atoms with E-state index in [4.69, 9.17) is 16.3 Å². The van der Waals surface area contributed by atoms with Crippen molar-refractivity contribution in [2.45, 2.75) is 32.8 Å². The van der Waals surface area contributed by atoms with Gasteiger partial charge in [-0.05, 0) is 77.6 Å². The lowest BCUT2D eigenvalue weighted by Gasteiger charge is -2.16. The van der Waals surface area contributed by atoms with Crippen molar-refractivity contribution >= 4 is 17.6 Å². The normalized spacial score (nSPS) is 11.9. The van der Waals surface area contributed by atoms with Crippen molar-refractivity contribution in [3.8, 4) is 16.9 Å². The molecule has 1 atom stereocenters. The molecule has 0 fully saturated rings. The molecule has 0 unspecified atom stereocenters. The molecule has 0 aliphatic rings. The number of aliphatic carboxylic acids is 1. The lowest BCUT2D eigenvalue weighted by Crippen LogP contribution is -2.12. The van der Waals surface area contributed by atoms with E-state index in [1.54, 1.807) is 6.20 Å². The maximum absolute atomic E-state index is 11.4. The molecule has 0 radical (unpaired) electrons. The maximum atomic E-state index is 11.4. The number of carbonyl (C=O) groups is 1. The first-order chi connectivity index (χ1) is 16.3. The van der Waals surface area contributed by atoms with Gasteiger partial charge in [0.25, 0.3) is 0 Å². The van der Waals surface area contributed by atoms with Crippen LogP contribution < -0.4 is 4.74 Å². The lowest BCUT2D eigenvalue weighted by molar-refractivity contribution is -0.137. The highest BCUT2D eigenvalue weighted by molar-refractivity contribution is 6.30. The molecule has 3 aromatic carbocycles. The average Bonchev–Trinajstić information content (AvgIpc) is 3.23. The van der Waals surface area contributed by atoms with Gasteiger partial charge in [-0.25, -0.2) is 4.98 Å². The number of nitrogens with zero attached hydrogens (tertiary/aromatic N) is 2. The summed E-state index contributed by atoms with van der Waals surface area (Å²) in [7, 11) is 1.87. The molecule has 1 heterocycles. The van der Waals surface area contributed by atoms with Crippen molar-refractivity contribution in [1.82, 2.24) is 9.55 Å². The quantitative estimate of drug-likeness (QED) is 0.315. The van der Waals surface area contributed by atoms with Crippen molar-refractivity contribution in [2.24, 2.45) is 7.05 Å². The first-order valence-corrected chi connectivity index (χ1v) is 11.5. The third-order valence-electron chi connectivity index (χ3n) is 6.02. The summed E-state index contributed by atoms with van der Waals surface area (Å²) in [4.78, 5) is 15.8. The molecule has 4 rings (SSSR count). The van der Waals surface area contributed by atoms with Crippen molar-refractivity contribution in [2.75, 3.05) is 0 Å². The highest BCUT2D eigenvalue weighted by Gasteiger charge is 2.21. The molecule has 34 heavy (non-hydrogen) atoms.